The van der Waals surface area contributed by atoms with Crippen LogP contribution in [0.5, 0.6) is 0 Å². The Balaban J connectivity index is 2.51. The van der Waals surface area contributed by atoms with Gasteiger partial charge in [0.1, 0.15) is 0 Å². The molecule has 0 bridgehead atoms. The van der Waals surface area contributed by atoms with Crippen LogP contribution in [0.4, 0.5) is 0 Å². The SMILES string of the molecule is NNC(CO)Cc1ccccc1. The van der Waals surface area contributed by atoms with Crippen molar-refractivity contribution in [2.24, 2.45) is 5.84 Å². The summed E-state index contributed by atoms with van der Waals surface area (Å²) in [6, 6.07) is 9.89. The fourth-order valence-corrected chi connectivity index (χ4v) is 1.07. The number of hydrogen-bond acceptors (Lipinski definition) is 3. The maximum atomic E-state index is 8.84. The third kappa shape index (κ3) is 2.62. The van der Waals surface area contributed by atoms with Gasteiger partial charge in [-0.2, -0.15) is 0 Å². The van der Waals surface area contributed by atoms with Gasteiger partial charge >= 0.3 is 0 Å². The lowest BCUT2D eigenvalue weighted by Crippen LogP contribution is -2.39. The summed E-state index contributed by atoms with van der Waals surface area (Å²) in [4.78, 5) is 0. The van der Waals surface area contributed by atoms with Gasteiger partial charge in [-0.15, -0.1) is 0 Å². The van der Waals surface area contributed by atoms with Gasteiger partial charge in [0, 0.05) is 6.04 Å². The zero-order valence-corrected chi connectivity index (χ0v) is 6.90. The van der Waals surface area contributed by atoms with Crippen LogP contribution in [0.1, 0.15) is 5.56 Å². The fraction of sp³-hybridized carbons (Fsp3) is 0.333. The lowest BCUT2D eigenvalue weighted by molar-refractivity contribution is 0.243. The molecule has 1 aromatic carbocycles. The van der Waals surface area contributed by atoms with E-state index < -0.39 is 0 Å². The third-order valence-electron chi connectivity index (χ3n) is 1.78. The van der Waals surface area contributed by atoms with Crippen molar-refractivity contribution in [3.63, 3.8) is 0 Å². The summed E-state index contributed by atoms with van der Waals surface area (Å²) in [5, 5.41) is 8.84. The molecule has 1 aromatic rings. The van der Waals surface area contributed by atoms with E-state index in [2.05, 4.69) is 5.43 Å². The molecule has 0 aliphatic carbocycles. The summed E-state index contributed by atoms with van der Waals surface area (Å²) in [5.74, 6) is 5.22. The molecule has 0 amide bonds. The van der Waals surface area contributed by atoms with Gasteiger partial charge < -0.3 is 5.11 Å². The molecule has 0 fully saturated rings. The Labute approximate surface area is 72.2 Å². The van der Waals surface area contributed by atoms with E-state index in [1.807, 2.05) is 30.3 Å². The third-order valence-corrected chi connectivity index (χ3v) is 1.78. The van der Waals surface area contributed by atoms with E-state index in [4.69, 9.17) is 10.9 Å². The molecule has 3 heteroatoms. The second-order valence-electron chi connectivity index (χ2n) is 2.74. The second-order valence-corrected chi connectivity index (χ2v) is 2.74. The quantitative estimate of drug-likeness (QED) is 0.437. The Morgan fingerprint density at radius 2 is 2.00 bits per heavy atom. The first-order valence-electron chi connectivity index (χ1n) is 3.97. The predicted molar refractivity (Wildman–Crippen MR) is 48.3 cm³/mol. The smallest absolute Gasteiger partial charge is 0.0601 e. The van der Waals surface area contributed by atoms with Gasteiger partial charge in [0.2, 0.25) is 0 Å². The summed E-state index contributed by atoms with van der Waals surface area (Å²) in [5.41, 5.74) is 3.73. The summed E-state index contributed by atoms with van der Waals surface area (Å²) in [6.45, 7) is 0.0609. The fourth-order valence-electron chi connectivity index (χ4n) is 1.07. The number of nitrogens with one attached hydrogen (secondary N) is 1. The highest BCUT2D eigenvalue weighted by Crippen LogP contribution is 2.01. The number of hydrogen-bond donors (Lipinski definition) is 3. The van der Waals surface area contributed by atoms with Crippen LogP contribution in [-0.4, -0.2) is 17.8 Å². The highest BCUT2D eigenvalue weighted by atomic mass is 16.3. The van der Waals surface area contributed by atoms with E-state index in [0.717, 1.165) is 6.42 Å². The van der Waals surface area contributed by atoms with Crippen LogP contribution >= 0.6 is 0 Å². The normalized spacial score (nSPS) is 12.8. The Hall–Kier alpha value is -0.900. The van der Waals surface area contributed by atoms with E-state index in [1.54, 1.807) is 0 Å². The molecule has 0 heterocycles. The van der Waals surface area contributed by atoms with Gasteiger partial charge in [-0.25, -0.2) is 0 Å². The molecular weight excluding hydrogens is 152 g/mol. The van der Waals surface area contributed by atoms with Crippen LogP contribution in [0.2, 0.25) is 0 Å². The molecule has 0 aliphatic heterocycles. The van der Waals surface area contributed by atoms with Gasteiger partial charge in [0.15, 0.2) is 0 Å². The van der Waals surface area contributed by atoms with Crippen LogP contribution in [-0.2, 0) is 6.42 Å². The topological polar surface area (TPSA) is 58.3 Å². The van der Waals surface area contributed by atoms with Gasteiger partial charge in [-0.3, -0.25) is 11.3 Å². The molecule has 0 spiro atoms. The summed E-state index contributed by atoms with van der Waals surface area (Å²) >= 11 is 0. The van der Waals surface area contributed by atoms with E-state index in [1.165, 1.54) is 5.56 Å². The summed E-state index contributed by atoms with van der Waals surface area (Å²) < 4.78 is 0. The number of benzene rings is 1. The standard InChI is InChI=1S/C9H14N2O/c10-11-9(7-12)6-8-4-2-1-3-5-8/h1-5,9,11-12H,6-7,10H2. The Morgan fingerprint density at radius 3 is 2.50 bits per heavy atom. The minimum absolute atomic E-state index is 0.0487. The molecular formula is C9H14N2O. The highest BCUT2D eigenvalue weighted by Gasteiger charge is 2.04. The van der Waals surface area contributed by atoms with Gasteiger partial charge in [-0.05, 0) is 12.0 Å². The number of hydrazine groups is 1. The molecule has 0 aromatic heterocycles. The Morgan fingerprint density at radius 1 is 1.33 bits per heavy atom. The van der Waals surface area contributed by atoms with Crippen molar-refractivity contribution < 1.29 is 5.11 Å². The minimum Gasteiger partial charge on any atom is -0.395 e. The van der Waals surface area contributed by atoms with Crippen molar-refractivity contribution >= 4 is 0 Å². The second kappa shape index (κ2) is 4.87. The summed E-state index contributed by atoms with van der Waals surface area (Å²) in [6.07, 6.45) is 0.758. The zero-order valence-electron chi connectivity index (χ0n) is 6.90. The van der Waals surface area contributed by atoms with Crippen LogP contribution in [0.25, 0.3) is 0 Å². The molecule has 1 atom stereocenters. The van der Waals surface area contributed by atoms with Gasteiger partial charge in [0.05, 0.1) is 6.61 Å². The van der Waals surface area contributed by atoms with E-state index in [-0.39, 0.29) is 12.6 Å². The molecule has 0 aliphatic rings. The molecule has 4 N–H and O–H groups in total. The van der Waals surface area contributed by atoms with Crippen LogP contribution < -0.4 is 11.3 Å². The Kier molecular flexibility index (Phi) is 3.73. The van der Waals surface area contributed by atoms with Crippen molar-refractivity contribution in [3.8, 4) is 0 Å². The lowest BCUT2D eigenvalue weighted by atomic mass is 10.1. The van der Waals surface area contributed by atoms with Crippen molar-refractivity contribution in [2.75, 3.05) is 6.61 Å². The largest absolute Gasteiger partial charge is 0.395 e. The van der Waals surface area contributed by atoms with Crippen molar-refractivity contribution in [1.29, 1.82) is 0 Å². The first kappa shape index (κ1) is 9.19. The van der Waals surface area contributed by atoms with E-state index in [0.29, 0.717) is 0 Å². The first-order valence-corrected chi connectivity index (χ1v) is 3.97. The number of aliphatic hydroxyl groups excluding tert-OH is 1. The first-order chi connectivity index (χ1) is 5.86. The van der Waals surface area contributed by atoms with Gasteiger partial charge in [-0.1, -0.05) is 30.3 Å². The van der Waals surface area contributed by atoms with Crippen LogP contribution in [0, 0.1) is 0 Å². The molecule has 0 saturated carbocycles. The molecule has 1 rings (SSSR count). The molecule has 1 unspecified atom stereocenters. The van der Waals surface area contributed by atoms with Crippen molar-refractivity contribution in [2.45, 2.75) is 12.5 Å². The van der Waals surface area contributed by atoms with Crippen LogP contribution in [0.3, 0.4) is 0 Å². The monoisotopic (exact) mass is 166 g/mol. The molecule has 3 nitrogen and oxygen atoms in total. The average molecular weight is 166 g/mol. The molecule has 12 heavy (non-hydrogen) atoms. The maximum absolute atomic E-state index is 8.84. The van der Waals surface area contributed by atoms with Crippen molar-refractivity contribution in [3.05, 3.63) is 35.9 Å². The van der Waals surface area contributed by atoms with Crippen molar-refractivity contribution in [1.82, 2.24) is 5.43 Å². The number of aliphatic hydroxyl groups is 1. The zero-order chi connectivity index (χ0) is 8.81. The molecule has 0 radical (unpaired) electrons. The summed E-state index contributed by atoms with van der Waals surface area (Å²) in [7, 11) is 0. The van der Waals surface area contributed by atoms with E-state index >= 15 is 0 Å². The highest BCUT2D eigenvalue weighted by molar-refractivity contribution is 5.15. The minimum atomic E-state index is -0.0487. The number of rotatable bonds is 4. The van der Waals surface area contributed by atoms with E-state index in [9.17, 15) is 0 Å². The number of nitrogens with two attached hydrogens (primary N) is 1. The maximum Gasteiger partial charge on any atom is 0.0601 e. The lowest BCUT2D eigenvalue weighted by Gasteiger charge is -2.11. The van der Waals surface area contributed by atoms with Crippen LogP contribution in [0.15, 0.2) is 30.3 Å². The average Bonchev–Trinajstić information content (AvgIpc) is 2.16. The van der Waals surface area contributed by atoms with Gasteiger partial charge in [0.25, 0.3) is 0 Å². The molecule has 0 saturated heterocycles. The Bertz CT molecular complexity index is 209. The predicted octanol–water partition coefficient (Wildman–Crippen LogP) is 0.0533. The molecule has 66 valence electrons.